The number of benzene rings is 1. The highest BCUT2D eigenvalue weighted by atomic mass is 32.2. The Kier molecular flexibility index (Phi) is 3.92. The molecule has 2 heterocycles. The molecule has 0 atom stereocenters. The Morgan fingerprint density at radius 1 is 1.16 bits per heavy atom. The number of sulfonamides is 1. The van der Waals surface area contributed by atoms with Gasteiger partial charge in [0, 0.05) is 32.1 Å². The number of H-pyrrole nitrogens is 1. The second-order valence-corrected chi connectivity index (χ2v) is 8.47. The summed E-state index contributed by atoms with van der Waals surface area (Å²) in [4.78, 5) is 27.8. The molecule has 4 rings (SSSR count). The van der Waals surface area contributed by atoms with Crippen LogP contribution in [0.3, 0.4) is 0 Å². The third kappa shape index (κ3) is 2.87. The van der Waals surface area contributed by atoms with Crippen molar-refractivity contribution in [1.82, 2.24) is 14.2 Å². The zero-order valence-corrected chi connectivity index (χ0v) is 14.4. The summed E-state index contributed by atoms with van der Waals surface area (Å²) in [5.74, 6) is -0.336. The predicted octanol–water partition coefficient (Wildman–Crippen LogP) is 0.754. The third-order valence-electron chi connectivity index (χ3n) is 5.03. The molecule has 9 heteroatoms. The van der Waals surface area contributed by atoms with Crippen molar-refractivity contribution in [3.05, 3.63) is 28.7 Å². The molecule has 8 nitrogen and oxygen atoms in total. The minimum Gasteiger partial charge on any atom is -0.408 e. The summed E-state index contributed by atoms with van der Waals surface area (Å²) in [6.45, 7) is 1.39. The fraction of sp³-hybridized carbons (Fsp3) is 0.500. The van der Waals surface area contributed by atoms with E-state index in [2.05, 4.69) is 4.98 Å². The van der Waals surface area contributed by atoms with E-state index in [0.717, 1.165) is 19.3 Å². The molecule has 1 aliphatic heterocycles. The Morgan fingerprint density at radius 3 is 2.52 bits per heavy atom. The van der Waals surface area contributed by atoms with Crippen molar-refractivity contribution in [3.8, 4) is 0 Å². The Bertz CT molecular complexity index is 965. The lowest BCUT2D eigenvalue weighted by atomic mass is 9.84. The van der Waals surface area contributed by atoms with Crippen molar-refractivity contribution in [3.63, 3.8) is 0 Å². The van der Waals surface area contributed by atoms with Crippen molar-refractivity contribution in [2.45, 2.75) is 24.2 Å². The number of oxazole rings is 1. The Morgan fingerprint density at radius 2 is 1.88 bits per heavy atom. The first-order valence-corrected chi connectivity index (χ1v) is 9.81. The number of hydrogen-bond donors (Lipinski definition) is 1. The fourth-order valence-electron chi connectivity index (χ4n) is 3.30. The summed E-state index contributed by atoms with van der Waals surface area (Å²) in [5, 5.41) is 0. The van der Waals surface area contributed by atoms with Crippen LogP contribution in [-0.2, 0) is 14.8 Å². The minimum atomic E-state index is -3.67. The number of rotatable bonds is 3. The van der Waals surface area contributed by atoms with E-state index in [9.17, 15) is 18.0 Å². The largest absolute Gasteiger partial charge is 0.417 e. The highest BCUT2D eigenvalue weighted by Crippen LogP contribution is 2.29. The van der Waals surface area contributed by atoms with Crippen LogP contribution in [0.5, 0.6) is 0 Å². The first-order chi connectivity index (χ1) is 11.9. The van der Waals surface area contributed by atoms with E-state index in [1.807, 2.05) is 0 Å². The Hall–Kier alpha value is -2.13. The minimum absolute atomic E-state index is 0.107. The molecule has 2 aromatic rings. The van der Waals surface area contributed by atoms with Crippen LogP contribution in [0.2, 0.25) is 0 Å². The fourth-order valence-corrected chi connectivity index (χ4v) is 4.75. The number of fused-ring (bicyclic) bond motifs is 1. The molecule has 1 saturated carbocycles. The first kappa shape index (κ1) is 16.3. The number of nitrogens with one attached hydrogen (secondary N) is 1. The maximum Gasteiger partial charge on any atom is 0.417 e. The average Bonchev–Trinajstić information content (AvgIpc) is 2.92. The lowest BCUT2D eigenvalue weighted by Gasteiger charge is -2.37. The molecule has 1 aromatic heterocycles. The standard InChI is InChI=1S/C16H19N3O5S/c20-15(11-2-1-3-11)18-6-8-19(9-7-18)25(22,23)12-4-5-14-13(10-12)17-16(21)24-14/h4-5,10-11H,1-3,6-9H2,(H,17,21). The van der Waals surface area contributed by atoms with Gasteiger partial charge in [0.05, 0.1) is 10.4 Å². The van der Waals surface area contributed by atoms with Crippen LogP contribution in [-0.4, -0.2) is 54.7 Å². The van der Waals surface area contributed by atoms with Gasteiger partial charge < -0.3 is 9.32 Å². The van der Waals surface area contributed by atoms with Crippen LogP contribution in [0, 0.1) is 5.92 Å². The van der Waals surface area contributed by atoms with Crippen molar-refractivity contribution in [2.24, 2.45) is 5.92 Å². The Labute approximate surface area is 144 Å². The molecule has 0 unspecified atom stereocenters. The normalized spacial score (nSPS) is 19.9. The number of carbonyl (C=O) groups excluding carboxylic acids is 1. The van der Waals surface area contributed by atoms with Gasteiger partial charge in [0.15, 0.2) is 5.58 Å². The predicted molar refractivity (Wildman–Crippen MR) is 89.5 cm³/mol. The van der Waals surface area contributed by atoms with E-state index in [-0.39, 0.29) is 29.8 Å². The molecule has 1 aliphatic carbocycles. The maximum atomic E-state index is 12.8. The third-order valence-corrected chi connectivity index (χ3v) is 6.93. The number of amides is 1. The lowest BCUT2D eigenvalue weighted by Crippen LogP contribution is -2.52. The average molecular weight is 365 g/mol. The smallest absolute Gasteiger partial charge is 0.408 e. The van der Waals surface area contributed by atoms with Crippen molar-refractivity contribution in [1.29, 1.82) is 0 Å². The zero-order valence-electron chi connectivity index (χ0n) is 13.6. The van der Waals surface area contributed by atoms with E-state index in [0.29, 0.717) is 24.2 Å². The van der Waals surface area contributed by atoms with Gasteiger partial charge in [-0.25, -0.2) is 13.2 Å². The summed E-state index contributed by atoms with van der Waals surface area (Å²) in [6.07, 6.45) is 2.99. The molecule has 1 N–H and O–H groups in total. The number of carbonyl (C=O) groups is 1. The maximum absolute atomic E-state index is 12.8. The summed E-state index contributed by atoms with van der Waals surface area (Å²) < 4.78 is 31.9. The SMILES string of the molecule is O=C(C1CCC1)N1CCN(S(=O)(=O)c2ccc3oc(=O)[nH]c3c2)CC1. The van der Waals surface area contributed by atoms with Gasteiger partial charge in [-0.1, -0.05) is 6.42 Å². The summed E-state index contributed by atoms with van der Waals surface area (Å²) in [5.41, 5.74) is 0.671. The van der Waals surface area contributed by atoms with Crippen LogP contribution in [0.25, 0.3) is 11.1 Å². The molecule has 1 amide bonds. The van der Waals surface area contributed by atoms with E-state index in [4.69, 9.17) is 4.42 Å². The van der Waals surface area contributed by atoms with Gasteiger partial charge in [0.1, 0.15) is 0 Å². The van der Waals surface area contributed by atoms with Gasteiger partial charge in [0.25, 0.3) is 0 Å². The van der Waals surface area contributed by atoms with E-state index < -0.39 is 15.8 Å². The number of piperazine rings is 1. The second-order valence-electron chi connectivity index (χ2n) is 6.53. The Balaban J connectivity index is 1.50. The number of nitrogens with zero attached hydrogens (tertiary/aromatic N) is 2. The molecule has 0 spiro atoms. The molecule has 2 fully saturated rings. The van der Waals surface area contributed by atoms with E-state index >= 15 is 0 Å². The molecular weight excluding hydrogens is 346 g/mol. The van der Waals surface area contributed by atoms with Gasteiger partial charge in [-0.3, -0.25) is 9.78 Å². The molecule has 134 valence electrons. The molecule has 0 bridgehead atoms. The van der Waals surface area contributed by atoms with Crippen molar-refractivity contribution in [2.75, 3.05) is 26.2 Å². The van der Waals surface area contributed by atoms with E-state index in [1.54, 1.807) is 4.90 Å². The number of aromatic amines is 1. The van der Waals surface area contributed by atoms with Crippen LogP contribution in [0.1, 0.15) is 19.3 Å². The highest BCUT2D eigenvalue weighted by molar-refractivity contribution is 7.89. The van der Waals surface area contributed by atoms with Gasteiger partial charge in [-0.2, -0.15) is 4.31 Å². The van der Waals surface area contributed by atoms with Crippen molar-refractivity contribution < 1.29 is 17.6 Å². The first-order valence-electron chi connectivity index (χ1n) is 8.37. The monoisotopic (exact) mass is 365 g/mol. The molecule has 25 heavy (non-hydrogen) atoms. The summed E-state index contributed by atoms with van der Waals surface area (Å²) >= 11 is 0. The van der Waals surface area contributed by atoms with Crippen LogP contribution >= 0.6 is 0 Å². The molecule has 0 radical (unpaired) electrons. The number of aromatic nitrogens is 1. The molecule has 1 aromatic carbocycles. The van der Waals surface area contributed by atoms with Crippen LogP contribution in [0.4, 0.5) is 0 Å². The van der Waals surface area contributed by atoms with Gasteiger partial charge in [-0.05, 0) is 31.0 Å². The molecule has 2 aliphatic rings. The van der Waals surface area contributed by atoms with Crippen molar-refractivity contribution >= 4 is 27.0 Å². The zero-order chi connectivity index (χ0) is 17.6. The highest BCUT2D eigenvalue weighted by Gasteiger charge is 2.34. The van der Waals surface area contributed by atoms with Crippen LogP contribution in [0.15, 0.2) is 32.3 Å². The van der Waals surface area contributed by atoms with Gasteiger partial charge >= 0.3 is 5.76 Å². The topological polar surface area (TPSA) is 104 Å². The summed E-state index contributed by atoms with van der Waals surface area (Å²) in [7, 11) is -3.67. The van der Waals surface area contributed by atoms with Gasteiger partial charge in [-0.15, -0.1) is 0 Å². The molecular formula is C16H19N3O5S. The van der Waals surface area contributed by atoms with Crippen LogP contribution < -0.4 is 5.76 Å². The number of hydrogen-bond acceptors (Lipinski definition) is 5. The quantitative estimate of drug-likeness (QED) is 0.865. The van der Waals surface area contributed by atoms with Gasteiger partial charge in [0.2, 0.25) is 15.9 Å². The molecule has 1 saturated heterocycles. The second kappa shape index (κ2) is 5.99. The summed E-state index contributed by atoms with van der Waals surface area (Å²) in [6, 6.07) is 4.30. The van der Waals surface area contributed by atoms with E-state index in [1.165, 1.54) is 22.5 Å². The lowest BCUT2D eigenvalue weighted by molar-refractivity contribution is -0.139.